The molecule has 0 bridgehead atoms. The molecule has 1 saturated carbocycles. The maximum atomic E-state index is 12.8. The van der Waals surface area contributed by atoms with E-state index >= 15 is 0 Å². The minimum Gasteiger partial charge on any atom is -0.376 e. The van der Waals surface area contributed by atoms with Crippen LogP contribution >= 0.6 is 11.6 Å². The van der Waals surface area contributed by atoms with Crippen molar-refractivity contribution in [3.8, 4) is 0 Å². The normalized spacial score (nSPS) is 14.6. The summed E-state index contributed by atoms with van der Waals surface area (Å²) in [4.78, 5) is 12.5. The number of aryl methyl sites for hydroxylation is 1. The molecule has 0 saturated heterocycles. The monoisotopic (exact) mass is 370 g/mol. The van der Waals surface area contributed by atoms with Crippen molar-refractivity contribution < 1.29 is 18.0 Å². The molecule has 2 aromatic rings. The Labute approximate surface area is 148 Å². The molecule has 1 heterocycles. The zero-order valence-corrected chi connectivity index (χ0v) is 14.6. The molecule has 25 heavy (non-hydrogen) atoms. The number of carbonyl (C=O) groups is 1. The van der Waals surface area contributed by atoms with E-state index in [1.54, 1.807) is 0 Å². The van der Waals surface area contributed by atoms with E-state index in [1.165, 1.54) is 6.07 Å². The van der Waals surface area contributed by atoms with Crippen molar-refractivity contribution in [3.63, 3.8) is 0 Å². The topological polar surface area (TPSA) is 34.0 Å². The number of alkyl halides is 3. The Kier molecular flexibility index (Phi) is 4.58. The number of nitrogens with zero attached hydrogens (tertiary/aromatic N) is 1. The molecular weight excluding hydrogens is 353 g/mol. The van der Waals surface area contributed by atoms with Gasteiger partial charge in [-0.15, -0.1) is 0 Å². The van der Waals surface area contributed by atoms with E-state index < -0.39 is 11.7 Å². The highest BCUT2D eigenvalue weighted by Gasteiger charge is 2.31. The van der Waals surface area contributed by atoms with Crippen LogP contribution in [0.5, 0.6) is 0 Å². The molecule has 134 valence electrons. The molecule has 0 atom stereocenters. The maximum absolute atomic E-state index is 12.8. The number of carbonyl (C=O) groups excluding carboxylic acids is 1. The molecule has 7 heteroatoms. The van der Waals surface area contributed by atoms with Gasteiger partial charge in [-0.05, 0) is 51.0 Å². The number of hydrogen-bond acceptors (Lipinski definition) is 2. The first kappa shape index (κ1) is 17.9. The van der Waals surface area contributed by atoms with Gasteiger partial charge in [-0.3, -0.25) is 4.79 Å². The summed E-state index contributed by atoms with van der Waals surface area (Å²) < 4.78 is 40.6. The molecule has 0 amide bonds. The number of anilines is 1. The van der Waals surface area contributed by atoms with Gasteiger partial charge in [-0.2, -0.15) is 13.2 Å². The Bertz CT molecular complexity index is 822. The Morgan fingerprint density at radius 2 is 1.96 bits per heavy atom. The Hall–Kier alpha value is -1.95. The highest BCUT2D eigenvalue weighted by Crippen LogP contribution is 2.38. The molecule has 1 fully saturated rings. The fourth-order valence-corrected chi connectivity index (χ4v) is 3.25. The van der Waals surface area contributed by atoms with Gasteiger partial charge in [0, 0.05) is 23.0 Å². The van der Waals surface area contributed by atoms with Crippen LogP contribution in [0.1, 0.15) is 46.2 Å². The summed E-state index contributed by atoms with van der Waals surface area (Å²) in [6.45, 7) is 3.74. The van der Waals surface area contributed by atoms with E-state index in [4.69, 9.17) is 11.6 Å². The second kappa shape index (κ2) is 6.41. The highest BCUT2D eigenvalue weighted by molar-refractivity contribution is 6.33. The lowest BCUT2D eigenvalue weighted by atomic mass is 10.1. The highest BCUT2D eigenvalue weighted by atomic mass is 35.5. The number of benzene rings is 1. The zero-order chi connectivity index (χ0) is 18.4. The SMILES string of the molecule is Cc1cc(C(=O)CNc2cc(C(F)(F)F)ccc2Cl)c(C)n1C1CC1. The molecule has 1 aromatic heterocycles. The van der Waals surface area contributed by atoms with Crippen LogP contribution in [0, 0.1) is 13.8 Å². The predicted molar refractivity (Wildman–Crippen MR) is 91.5 cm³/mol. The van der Waals surface area contributed by atoms with Crippen LogP contribution in [0.15, 0.2) is 24.3 Å². The number of Topliss-reactive ketones (excluding diaryl/α,β-unsaturated/α-hetero) is 1. The van der Waals surface area contributed by atoms with E-state index in [9.17, 15) is 18.0 Å². The second-order valence-corrected chi connectivity index (χ2v) is 6.76. The molecular formula is C18H18ClF3N2O. The van der Waals surface area contributed by atoms with Crippen molar-refractivity contribution in [2.45, 2.75) is 38.9 Å². The van der Waals surface area contributed by atoms with Gasteiger partial charge in [-0.1, -0.05) is 11.6 Å². The summed E-state index contributed by atoms with van der Waals surface area (Å²) in [6.07, 6.45) is -2.23. The van der Waals surface area contributed by atoms with Crippen molar-refractivity contribution in [1.82, 2.24) is 4.57 Å². The Morgan fingerprint density at radius 1 is 1.28 bits per heavy atom. The van der Waals surface area contributed by atoms with Gasteiger partial charge >= 0.3 is 6.18 Å². The van der Waals surface area contributed by atoms with Crippen LogP contribution in [-0.4, -0.2) is 16.9 Å². The molecule has 3 nitrogen and oxygen atoms in total. The van der Waals surface area contributed by atoms with Crippen LogP contribution in [0.2, 0.25) is 5.02 Å². The summed E-state index contributed by atoms with van der Waals surface area (Å²) in [5, 5.41) is 2.88. The van der Waals surface area contributed by atoms with Crippen LogP contribution < -0.4 is 5.32 Å². The molecule has 0 aliphatic heterocycles. The molecule has 1 aromatic carbocycles. The largest absolute Gasteiger partial charge is 0.416 e. The number of ketones is 1. The third-order valence-corrected chi connectivity index (χ3v) is 4.76. The average Bonchev–Trinajstić information content (AvgIpc) is 3.30. The second-order valence-electron chi connectivity index (χ2n) is 6.36. The predicted octanol–water partition coefficient (Wildman–Crippen LogP) is 5.41. The zero-order valence-electron chi connectivity index (χ0n) is 13.9. The Balaban J connectivity index is 1.76. The maximum Gasteiger partial charge on any atom is 0.416 e. The number of nitrogens with one attached hydrogen (secondary N) is 1. The fourth-order valence-electron chi connectivity index (χ4n) is 3.06. The van der Waals surface area contributed by atoms with E-state index in [0.717, 1.165) is 36.4 Å². The first-order valence-corrected chi connectivity index (χ1v) is 8.38. The first-order chi connectivity index (χ1) is 11.7. The number of rotatable bonds is 5. The van der Waals surface area contributed by atoms with Crippen LogP contribution in [0.3, 0.4) is 0 Å². The molecule has 0 unspecified atom stereocenters. The average molecular weight is 371 g/mol. The minimum absolute atomic E-state index is 0.0980. The Morgan fingerprint density at radius 3 is 2.56 bits per heavy atom. The fraction of sp³-hybridized carbons (Fsp3) is 0.389. The van der Waals surface area contributed by atoms with Crippen molar-refractivity contribution >= 4 is 23.1 Å². The van der Waals surface area contributed by atoms with Gasteiger partial charge < -0.3 is 9.88 Å². The van der Waals surface area contributed by atoms with Crippen LogP contribution in [0.4, 0.5) is 18.9 Å². The van der Waals surface area contributed by atoms with Crippen LogP contribution in [0.25, 0.3) is 0 Å². The quantitative estimate of drug-likeness (QED) is 0.714. The van der Waals surface area contributed by atoms with Crippen LogP contribution in [-0.2, 0) is 6.18 Å². The third-order valence-electron chi connectivity index (χ3n) is 4.43. The van der Waals surface area contributed by atoms with Crippen molar-refractivity contribution in [2.75, 3.05) is 11.9 Å². The summed E-state index contributed by atoms with van der Waals surface area (Å²) in [7, 11) is 0. The lowest BCUT2D eigenvalue weighted by molar-refractivity contribution is -0.137. The number of hydrogen-bond donors (Lipinski definition) is 1. The van der Waals surface area contributed by atoms with Crippen molar-refractivity contribution in [2.24, 2.45) is 0 Å². The third kappa shape index (κ3) is 3.68. The molecule has 1 N–H and O–H groups in total. The van der Waals surface area contributed by atoms with Gasteiger partial charge in [0.1, 0.15) is 0 Å². The van der Waals surface area contributed by atoms with Gasteiger partial charge in [0.15, 0.2) is 5.78 Å². The van der Waals surface area contributed by atoms with Crippen molar-refractivity contribution in [1.29, 1.82) is 0 Å². The summed E-state index contributed by atoms with van der Waals surface area (Å²) in [5.74, 6) is -0.173. The van der Waals surface area contributed by atoms with E-state index in [-0.39, 0.29) is 23.0 Å². The lowest BCUT2D eigenvalue weighted by Crippen LogP contribution is -2.16. The minimum atomic E-state index is -4.46. The van der Waals surface area contributed by atoms with Gasteiger partial charge in [0.25, 0.3) is 0 Å². The smallest absolute Gasteiger partial charge is 0.376 e. The van der Waals surface area contributed by atoms with E-state index in [0.29, 0.717) is 11.6 Å². The summed E-state index contributed by atoms with van der Waals surface area (Å²) in [6, 6.07) is 5.32. The number of halogens is 4. The lowest BCUT2D eigenvalue weighted by Gasteiger charge is -2.12. The molecule has 0 spiro atoms. The number of aromatic nitrogens is 1. The molecule has 3 rings (SSSR count). The van der Waals surface area contributed by atoms with E-state index in [2.05, 4.69) is 9.88 Å². The molecule has 0 radical (unpaired) electrons. The summed E-state index contributed by atoms with van der Waals surface area (Å²) >= 11 is 5.94. The van der Waals surface area contributed by atoms with Gasteiger partial charge in [0.2, 0.25) is 0 Å². The molecule has 1 aliphatic rings. The van der Waals surface area contributed by atoms with Gasteiger partial charge in [-0.25, -0.2) is 0 Å². The summed E-state index contributed by atoms with van der Waals surface area (Å²) in [5.41, 5.74) is 1.82. The van der Waals surface area contributed by atoms with Gasteiger partial charge in [0.05, 0.1) is 22.8 Å². The standard InChI is InChI=1S/C18H18ClF3N2O/c1-10-7-14(11(2)24(10)13-4-5-13)17(25)9-23-16-8-12(18(20,21)22)3-6-15(16)19/h3,6-8,13,23H,4-5,9H2,1-2H3. The van der Waals surface area contributed by atoms with E-state index in [1.807, 2.05) is 19.9 Å². The van der Waals surface area contributed by atoms with Crippen molar-refractivity contribution in [3.05, 3.63) is 51.8 Å². The first-order valence-electron chi connectivity index (χ1n) is 8.00. The molecule has 1 aliphatic carbocycles.